The molecule has 0 spiro atoms. The monoisotopic (exact) mass is 230 g/mol. The van der Waals surface area contributed by atoms with E-state index in [0.717, 1.165) is 0 Å². The molecule has 2 aromatic rings. The minimum atomic E-state index is -0.792. The fraction of sp³-hybridized carbons (Fsp3) is 0. The molecular formula is C11H7FN4O. The highest BCUT2D eigenvalue weighted by Gasteiger charge is 2.18. The van der Waals surface area contributed by atoms with Gasteiger partial charge in [-0.2, -0.15) is 15.4 Å². The molecule has 0 aliphatic rings. The van der Waals surface area contributed by atoms with Crippen LogP contribution in [-0.2, 0) is 0 Å². The van der Waals surface area contributed by atoms with Crippen LogP contribution in [0, 0.1) is 18.2 Å². The lowest BCUT2D eigenvalue weighted by Gasteiger charge is -2.01. The van der Waals surface area contributed by atoms with Crippen LogP contribution in [-0.4, -0.2) is 21.3 Å². The molecule has 0 unspecified atom stereocenters. The van der Waals surface area contributed by atoms with Crippen LogP contribution in [0.4, 0.5) is 4.39 Å². The van der Waals surface area contributed by atoms with Crippen molar-refractivity contribution in [1.29, 1.82) is 0 Å². The second-order valence-electron chi connectivity index (χ2n) is 3.22. The standard InChI is InChI=1S/C11H7FN4O/c1-2-6-3-4-8(12)7(5-6)9-10(11(13)17)15-16-14-9/h1,3-5H,(H2,13,17)(H,14,15,16). The quantitative estimate of drug-likeness (QED) is 0.744. The first-order valence-electron chi connectivity index (χ1n) is 4.60. The summed E-state index contributed by atoms with van der Waals surface area (Å²) in [4.78, 5) is 11.1. The van der Waals surface area contributed by atoms with E-state index in [2.05, 4.69) is 21.3 Å². The van der Waals surface area contributed by atoms with E-state index < -0.39 is 11.7 Å². The molecule has 6 heteroatoms. The van der Waals surface area contributed by atoms with Crippen LogP contribution in [0.2, 0.25) is 0 Å². The third-order valence-electron chi connectivity index (χ3n) is 2.17. The molecule has 1 amide bonds. The Morgan fingerprint density at radius 1 is 1.47 bits per heavy atom. The predicted octanol–water partition coefficient (Wildman–Crippen LogP) is 0.691. The van der Waals surface area contributed by atoms with Crippen LogP contribution in [0.3, 0.4) is 0 Å². The average molecular weight is 230 g/mol. The molecule has 1 aromatic heterocycles. The van der Waals surface area contributed by atoms with Crippen molar-refractivity contribution in [2.24, 2.45) is 5.73 Å². The number of aromatic amines is 1. The minimum Gasteiger partial charge on any atom is -0.364 e. The predicted molar refractivity (Wildman–Crippen MR) is 58.2 cm³/mol. The summed E-state index contributed by atoms with van der Waals surface area (Å²) in [5, 5.41) is 9.48. The van der Waals surface area contributed by atoms with Gasteiger partial charge in [0.05, 0.1) is 0 Å². The number of aromatic nitrogens is 3. The Labute approximate surface area is 95.8 Å². The van der Waals surface area contributed by atoms with Crippen LogP contribution < -0.4 is 5.73 Å². The molecule has 0 fully saturated rings. The van der Waals surface area contributed by atoms with Gasteiger partial charge < -0.3 is 5.73 Å². The van der Waals surface area contributed by atoms with E-state index in [1.807, 2.05) is 0 Å². The molecule has 5 nitrogen and oxygen atoms in total. The highest BCUT2D eigenvalue weighted by atomic mass is 19.1. The van der Waals surface area contributed by atoms with E-state index in [1.54, 1.807) is 0 Å². The molecular weight excluding hydrogens is 223 g/mol. The van der Waals surface area contributed by atoms with Crippen molar-refractivity contribution in [3.63, 3.8) is 0 Å². The van der Waals surface area contributed by atoms with Crippen molar-refractivity contribution in [3.8, 4) is 23.6 Å². The smallest absolute Gasteiger partial charge is 0.271 e. The van der Waals surface area contributed by atoms with Gasteiger partial charge in [0.1, 0.15) is 11.5 Å². The summed E-state index contributed by atoms with van der Waals surface area (Å²) >= 11 is 0. The van der Waals surface area contributed by atoms with E-state index in [0.29, 0.717) is 5.56 Å². The number of nitrogens with one attached hydrogen (secondary N) is 1. The van der Waals surface area contributed by atoms with Crippen molar-refractivity contribution in [2.45, 2.75) is 0 Å². The summed E-state index contributed by atoms with van der Waals surface area (Å²) < 4.78 is 13.6. The molecule has 1 aromatic carbocycles. The molecule has 17 heavy (non-hydrogen) atoms. The Balaban J connectivity index is 2.64. The number of nitrogens with zero attached hydrogens (tertiary/aromatic N) is 2. The number of rotatable bonds is 2. The number of H-pyrrole nitrogens is 1. The summed E-state index contributed by atoms with van der Waals surface area (Å²) in [7, 11) is 0. The molecule has 84 valence electrons. The van der Waals surface area contributed by atoms with Gasteiger partial charge in [-0.1, -0.05) is 5.92 Å². The van der Waals surface area contributed by atoms with Crippen LogP contribution >= 0.6 is 0 Å². The molecule has 0 saturated heterocycles. The number of amides is 1. The van der Waals surface area contributed by atoms with E-state index in [4.69, 9.17) is 12.2 Å². The molecule has 3 N–H and O–H groups in total. The zero-order chi connectivity index (χ0) is 12.4. The number of terminal acetylenes is 1. The van der Waals surface area contributed by atoms with Crippen molar-refractivity contribution in [1.82, 2.24) is 15.4 Å². The number of halogens is 1. The molecule has 0 atom stereocenters. The first-order valence-corrected chi connectivity index (χ1v) is 4.60. The van der Waals surface area contributed by atoms with Gasteiger partial charge in [0.2, 0.25) is 0 Å². The maximum absolute atomic E-state index is 13.6. The highest BCUT2D eigenvalue weighted by molar-refractivity contribution is 5.96. The van der Waals surface area contributed by atoms with E-state index in [1.165, 1.54) is 18.2 Å². The largest absolute Gasteiger partial charge is 0.364 e. The van der Waals surface area contributed by atoms with Gasteiger partial charge in [-0.3, -0.25) is 4.79 Å². The Hall–Kier alpha value is -2.68. The Kier molecular flexibility index (Phi) is 2.58. The summed E-state index contributed by atoms with van der Waals surface area (Å²) in [6, 6.07) is 4.05. The lowest BCUT2D eigenvalue weighted by Crippen LogP contribution is -2.13. The van der Waals surface area contributed by atoms with Gasteiger partial charge in [0.25, 0.3) is 5.91 Å². The Morgan fingerprint density at radius 3 is 2.88 bits per heavy atom. The second-order valence-corrected chi connectivity index (χ2v) is 3.22. The number of carbonyl (C=O) groups excluding carboxylic acids is 1. The van der Waals surface area contributed by atoms with Crippen molar-refractivity contribution in [2.75, 3.05) is 0 Å². The van der Waals surface area contributed by atoms with Gasteiger partial charge >= 0.3 is 0 Å². The third kappa shape index (κ3) is 1.86. The van der Waals surface area contributed by atoms with Gasteiger partial charge in [-0.05, 0) is 18.2 Å². The molecule has 1 heterocycles. The first kappa shape index (κ1) is 10.8. The fourth-order valence-corrected chi connectivity index (χ4v) is 1.39. The number of benzene rings is 1. The third-order valence-corrected chi connectivity index (χ3v) is 2.17. The van der Waals surface area contributed by atoms with E-state index in [-0.39, 0.29) is 17.0 Å². The average Bonchev–Trinajstić information content (AvgIpc) is 2.78. The Bertz CT molecular complexity index is 627. The molecule has 0 aliphatic heterocycles. The minimum absolute atomic E-state index is 0.0482. The van der Waals surface area contributed by atoms with E-state index >= 15 is 0 Å². The number of carbonyl (C=O) groups is 1. The normalized spacial score (nSPS) is 9.88. The van der Waals surface area contributed by atoms with Crippen molar-refractivity contribution in [3.05, 3.63) is 35.3 Å². The van der Waals surface area contributed by atoms with Gasteiger partial charge in [-0.25, -0.2) is 4.39 Å². The Morgan fingerprint density at radius 2 is 2.24 bits per heavy atom. The van der Waals surface area contributed by atoms with Crippen molar-refractivity contribution >= 4 is 5.91 Å². The maximum Gasteiger partial charge on any atom is 0.271 e. The number of hydrogen-bond donors (Lipinski definition) is 2. The lowest BCUT2D eigenvalue weighted by atomic mass is 10.1. The summed E-state index contributed by atoms with van der Waals surface area (Å²) in [6.07, 6.45) is 5.21. The topological polar surface area (TPSA) is 84.7 Å². The second kappa shape index (κ2) is 4.06. The molecule has 2 rings (SSSR count). The van der Waals surface area contributed by atoms with Crippen LogP contribution in [0.15, 0.2) is 18.2 Å². The fourth-order valence-electron chi connectivity index (χ4n) is 1.39. The number of nitrogens with two attached hydrogens (primary N) is 1. The molecule has 0 aliphatic carbocycles. The van der Waals surface area contributed by atoms with Crippen LogP contribution in [0.1, 0.15) is 16.1 Å². The number of primary amides is 1. The zero-order valence-corrected chi connectivity index (χ0v) is 8.57. The number of hydrogen-bond acceptors (Lipinski definition) is 3. The summed E-state index contributed by atoms with van der Waals surface area (Å²) in [6.45, 7) is 0. The maximum atomic E-state index is 13.6. The van der Waals surface area contributed by atoms with E-state index in [9.17, 15) is 9.18 Å². The van der Waals surface area contributed by atoms with Crippen LogP contribution in [0.25, 0.3) is 11.3 Å². The van der Waals surface area contributed by atoms with Gasteiger partial charge in [-0.15, -0.1) is 6.42 Å². The van der Waals surface area contributed by atoms with Gasteiger partial charge in [0.15, 0.2) is 5.69 Å². The molecule has 0 radical (unpaired) electrons. The molecule has 0 bridgehead atoms. The first-order chi connectivity index (χ1) is 8.13. The summed E-state index contributed by atoms with van der Waals surface area (Å²) in [5.74, 6) is 1.02. The molecule has 0 saturated carbocycles. The SMILES string of the molecule is C#Cc1ccc(F)c(-c2n[nH]nc2C(N)=O)c1. The van der Waals surface area contributed by atoms with Crippen LogP contribution in [0.5, 0.6) is 0 Å². The van der Waals surface area contributed by atoms with Gasteiger partial charge in [0, 0.05) is 11.1 Å². The highest BCUT2D eigenvalue weighted by Crippen LogP contribution is 2.23. The lowest BCUT2D eigenvalue weighted by molar-refractivity contribution is 0.0996. The zero-order valence-electron chi connectivity index (χ0n) is 8.57. The van der Waals surface area contributed by atoms with Crippen molar-refractivity contribution < 1.29 is 9.18 Å². The summed E-state index contributed by atoms with van der Waals surface area (Å²) in [5.41, 5.74) is 5.57.